The summed E-state index contributed by atoms with van der Waals surface area (Å²) in [6.45, 7) is 4.39. The van der Waals surface area contributed by atoms with E-state index in [1.165, 1.54) is 11.1 Å². The van der Waals surface area contributed by atoms with Crippen LogP contribution in [0.15, 0.2) is 78.9 Å². The molecule has 0 aliphatic carbocycles. The van der Waals surface area contributed by atoms with Crippen molar-refractivity contribution in [2.24, 2.45) is 0 Å². The fourth-order valence-corrected chi connectivity index (χ4v) is 2.87. The fraction of sp³-hybridized carbons (Fsp3) is 0.280. The normalized spacial score (nSPS) is 10.5. The Hall–Kier alpha value is -2.94. The van der Waals surface area contributed by atoms with Crippen molar-refractivity contribution in [3.05, 3.63) is 90.0 Å². The minimum atomic E-state index is 0.687. The molecule has 3 aromatic carbocycles. The zero-order chi connectivity index (χ0) is 19.4. The van der Waals surface area contributed by atoms with E-state index in [0.29, 0.717) is 6.61 Å². The summed E-state index contributed by atoms with van der Waals surface area (Å²) in [6, 6.07) is 26.8. The molecule has 28 heavy (non-hydrogen) atoms. The van der Waals surface area contributed by atoms with Crippen molar-refractivity contribution >= 4 is 5.69 Å². The van der Waals surface area contributed by atoms with Gasteiger partial charge in [0.05, 0.1) is 13.2 Å². The number of anilines is 1. The Morgan fingerprint density at radius 1 is 0.714 bits per heavy atom. The molecule has 3 rings (SSSR count). The lowest BCUT2D eigenvalue weighted by Crippen LogP contribution is -2.02. The van der Waals surface area contributed by atoms with E-state index in [1.54, 1.807) is 0 Å². The SMILES string of the molecule is CCCCOc1cccc(NCc2ccc(OCCc3ccccc3)cc2)c1. The third kappa shape index (κ3) is 6.66. The second-order valence-electron chi connectivity index (χ2n) is 6.81. The van der Waals surface area contributed by atoms with Gasteiger partial charge in [-0.25, -0.2) is 0 Å². The minimum Gasteiger partial charge on any atom is -0.494 e. The monoisotopic (exact) mass is 375 g/mol. The zero-order valence-electron chi connectivity index (χ0n) is 16.6. The van der Waals surface area contributed by atoms with Crippen molar-refractivity contribution in [2.45, 2.75) is 32.7 Å². The van der Waals surface area contributed by atoms with Crippen LogP contribution in [-0.2, 0) is 13.0 Å². The molecule has 1 N–H and O–H groups in total. The molecule has 0 aliphatic heterocycles. The van der Waals surface area contributed by atoms with Crippen LogP contribution in [-0.4, -0.2) is 13.2 Å². The van der Waals surface area contributed by atoms with Crippen molar-refractivity contribution in [1.29, 1.82) is 0 Å². The summed E-state index contributed by atoms with van der Waals surface area (Å²) in [4.78, 5) is 0. The highest BCUT2D eigenvalue weighted by atomic mass is 16.5. The maximum absolute atomic E-state index is 5.85. The molecule has 0 unspecified atom stereocenters. The van der Waals surface area contributed by atoms with Gasteiger partial charge in [-0.3, -0.25) is 0 Å². The van der Waals surface area contributed by atoms with Crippen molar-refractivity contribution in [1.82, 2.24) is 0 Å². The zero-order valence-corrected chi connectivity index (χ0v) is 16.6. The smallest absolute Gasteiger partial charge is 0.121 e. The second-order valence-corrected chi connectivity index (χ2v) is 6.81. The van der Waals surface area contributed by atoms with E-state index >= 15 is 0 Å². The van der Waals surface area contributed by atoms with Gasteiger partial charge in [0.2, 0.25) is 0 Å². The summed E-state index contributed by atoms with van der Waals surface area (Å²) >= 11 is 0. The Bertz CT molecular complexity index is 815. The van der Waals surface area contributed by atoms with Crippen molar-refractivity contribution in [3.8, 4) is 11.5 Å². The Balaban J connectivity index is 1.43. The molecule has 0 amide bonds. The topological polar surface area (TPSA) is 30.5 Å². The van der Waals surface area contributed by atoms with E-state index in [9.17, 15) is 0 Å². The highest BCUT2D eigenvalue weighted by Crippen LogP contribution is 2.19. The van der Waals surface area contributed by atoms with E-state index in [0.717, 1.165) is 49.6 Å². The van der Waals surface area contributed by atoms with Crippen LogP contribution in [0.1, 0.15) is 30.9 Å². The first kappa shape index (κ1) is 19.8. The lowest BCUT2D eigenvalue weighted by molar-refractivity contribution is 0.309. The van der Waals surface area contributed by atoms with Gasteiger partial charge in [0.1, 0.15) is 11.5 Å². The highest BCUT2D eigenvalue weighted by molar-refractivity contribution is 5.48. The van der Waals surface area contributed by atoms with E-state index in [1.807, 2.05) is 30.3 Å². The van der Waals surface area contributed by atoms with Gasteiger partial charge in [0.25, 0.3) is 0 Å². The quantitative estimate of drug-likeness (QED) is 0.411. The Kier molecular flexibility index (Phi) is 7.80. The van der Waals surface area contributed by atoms with Gasteiger partial charge in [-0.1, -0.05) is 61.9 Å². The first-order valence-corrected chi connectivity index (χ1v) is 10.1. The molecule has 0 fully saturated rings. The molecule has 0 saturated heterocycles. The first-order chi connectivity index (χ1) is 13.8. The summed E-state index contributed by atoms with van der Waals surface area (Å²) in [6.07, 6.45) is 3.14. The number of ether oxygens (including phenoxy) is 2. The van der Waals surface area contributed by atoms with E-state index < -0.39 is 0 Å². The lowest BCUT2D eigenvalue weighted by Gasteiger charge is -2.11. The molecule has 0 radical (unpaired) electrons. The van der Waals surface area contributed by atoms with Crippen molar-refractivity contribution < 1.29 is 9.47 Å². The summed E-state index contributed by atoms with van der Waals surface area (Å²) in [5, 5.41) is 3.46. The fourth-order valence-electron chi connectivity index (χ4n) is 2.87. The molecule has 0 saturated carbocycles. The summed E-state index contributed by atoms with van der Waals surface area (Å²) < 4.78 is 11.6. The van der Waals surface area contributed by atoms with E-state index in [4.69, 9.17) is 9.47 Å². The molecular formula is C25H29NO2. The third-order valence-electron chi connectivity index (χ3n) is 4.52. The molecule has 0 spiro atoms. The number of nitrogens with one attached hydrogen (secondary N) is 1. The van der Waals surface area contributed by atoms with Crippen LogP contribution in [0.3, 0.4) is 0 Å². The molecule has 146 valence electrons. The van der Waals surface area contributed by atoms with Crippen LogP contribution in [0.5, 0.6) is 11.5 Å². The Morgan fingerprint density at radius 2 is 1.50 bits per heavy atom. The summed E-state index contributed by atoms with van der Waals surface area (Å²) in [5.74, 6) is 1.83. The predicted octanol–water partition coefficient (Wildman–Crippen LogP) is 6.10. The van der Waals surface area contributed by atoms with Gasteiger partial charge in [0.15, 0.2) is 0 Å². The molecule has 0 atom stereocenters. The maximum atomic E-state index is 5.85. The third-order valence-corrected chi connectivity index (χ3v) is 4.52. The van der Waals surface area contributed by atoms with Crippen LogP contribution in [0.2, 0.25) is 0 Å². The van der Waals surface area contributed by atoms with Crippen molar-refractivity contribution in [3.63, 3.8) is 0 Å². The molecule has 0 bridgehead atoms. The van der Waals surface area contributed by atoms with Crippen molar-refractivity contribution in [2.75, 3.05) is 18.5 Å². The van der Waals surface area contributed by atoms with Crippen LogP contribution in [0.4, 0.5) is 5.69 Å². The van der Waals surface area contributed by atoms with Gasteiger partial charge in [0, 0.05) is 24.7 Å². The molecule has 3 aromatic rings. The van der Waals surface area contributed by atoms with Gasteiger partial charge in [-0.2, -0.15) is 0 Å². The Morgan fingerprint density at radius 3 is 2.29 bits per heavy atom. The minimum absolute atomic E-state index is 0.687. The number of hydrogen-bond donors (Lipinski definition) is 1. The summed E-state index contributed by atoms with van der Waals surface area (Å²) in [5.41, 5.74) is 3.58. The van der Waals surface area contributed by atoms with E-state index in [-0.39, 0.29) is 0 Å². The number of benzene rings is 3. The predicted molar refractivity (Wildman–Crippen MR) is 116 cm³/mol. The lowest BCUT2D eigenvalue weighted by atomic mass is 10.2. The van der Waals surface area contributed by atoms with Crippen LogP contribution >= 0.6 is 0 Å². The maximum Gasteiger partial charge on any atom is 0.121 e. The molecule has 0 aromatic heterocycles. The van der Waals surface area contributed by atoms with Gasteiger partial charge in [-0.15, -0.1) is 0 Å². The number of unbranched alkanes of at least 4 members (excludes halogenated alkanes) is 1. The largest absolute Gasteiger partial charge is 0.494 e. The highest BCUT2D eigenvalue weighted by Gasteiger charge is 2.00. The van der Waals surface area contributed by atoms with Crippen LogP contribution in [0.25, 0.3) is 0 Å². The van der Waals surface area contributed by atoms with Crippen LogP contribution < -0.4 is 14.8 Å². The molecule has 0 aliphatic rings. The average molecular weight is 376 g/mol. The second kappa shape index (κ2) is 11.0. The van der Waals surface area contributed by atoms with Gasteiger partial charge >= 0.3 is 0 Å². The standard InChI is InChI=1S/C25H29NO2/c1-2-3-17-27-25-11-7-10-23(19-25)26-20-22-12-14-24(15-13-22)28-18-16-21-8-5-4-6-9-21/h4-15,19,26H,2-3,16-18,20H2,1H3. The molecular weight excluding hydrogens is 346 g/mol. The van der Waals surface area contributed by atoms with Gasteiger partial charge in [-0.05, 0) is 41.8 Å². The Labute approximate surface area is 168 Å². The van der Waals surface area contributed by atoms with Gasteiger partial charge < -0.3 is 14.8 Å². The molecule has 3 nitrogen and oxygen atoms in total. The summed E-state index contributed by atoms with van der Waals surface area (Å²) in [7, 11) is 0. The number of rotatable bonds is 11. The molecule has 3 heteroatoms. The first-order valence-electron chi connectivity index (χ1n) is 10.1. The van der Waals surface area contributed by atoms with E-state index in [2.05, 4.69) is 60.8 Å². The molecule has 0 heterocycles. The average Bonchev–Trinajstić information content (AvgIpc) is 2.74. The van der Waals surface area contributed by atoms with Crippen LogP contribution in [0, 0.1) is 0 Å². The number of hydrogen-bond acceptors (Lipinski definition) is 3.